The second-order valence-electron chi connectivity index (χ2n) is 5.06. The smallest absolute Gasteiger partial charge is 0.327 e. The molecule has 1 amide bonds. The van der Waals surface area contributed by atoms with E-state index in [2.05, 4.69) is 5.10 Å². The van der Waals surface area contributed by atoms with Gasteiger partial charge in [0.05, 0.1) is 0 Å². The molecule has 0 fully saturated rings. The van der Waals surface area contributed by atoms with Crippen LogP contribution in [0, 0.1) is 0 Å². The van der Waals surface area contributed by atoms with Gasteiger partial charge in [0.15, 0.2) is 0 Å². The molecule has 2 unspecified atom stereocenters. The Kier molecular flexibility index (Phi) is 3.21. The van der Waals surface area contributed by atoms with E-state index in [1.165, 1.54) is 9.58 Å². The molecule has 2 aromatic rings. The van der Waals surface area contributed by atoms with Crippen molar-refractivity contribution >= 4 is 17.6 Å². The first-order valence-electron chi connectivity index (χ1n) is 6.72. The van der Waals surface area contributed by atoms with E-state index in [0.29, 0.717) is 12.1 Å². The maximum absolute atomic E-state index is 12.7. The van der Waals surface area contributed by atoms with Crippen LogP contribution in [-0.4, -0.2) is 32.8 Å². The molecule has 6 heteroatoms. The summed E-state index contributed by atoms with van der Waals surface area (Å²) in [6.45, 7) is 1.72. The van der Waals surface area contributed by atoms with Crippen LogP contribution in [0.1, 0.15) is 18.5 Å². The van der Waals surface area contributed by atoms with Gasteiger partial charge in [0.1, 0.15) is 12.1 Å². The number of carbonyl (C=O) groups excluding carboxylic acids is 1. The number of carboxylic acids is 1. The Bertz CT molecular complexity index is 681. The number of aromatic nitrogens is 2. The number of rotatable bonds is 3. The van der Waals surface area contributed by atoms with Gasteiger partial charge >= 0.3 is 5.97 Å². The molecule has 1 aliphatic heterocycles. The minimum atomic E-state index is -0.993. The number of hydrogen-bond acceptors (Lipinski definition) is 3. The average Bonchev–Trinajstić information content (AvgIpc) is 3.12. The van der Waals surface area contributed by atoms with E-state index in [4.69, 9.17) is 0 Å². The van der Waals surface area contributed by atoms with E-state index < -0.39 is 18.1 Å². The first kappa shape index (κ1) is 13.4. The molecule has 3 rings (SSSR count). The molecule has 1 aliphatic rings. The Morgan fingerprint density at radius 2 is 2.10 bits per heavy atom. The van der Waals surface area contributed by atoms with Gasteiger partial charge in [-0.05, 0) is 24.6 Å². The summed E-state index contributed by atoms with van der Waals surface area (Å²) in [6.07, 6.45) is 3.62. The van der Waals surface area contributed by atoms with Gasteiger partial charge in [0.2, 0.25) is 0 Å². The highest BCUT2D eigenvalue weighted by molar-refractivity contribution is 6.03. The zero-order valence-corrected chi connectivity index (χ0v) is 11.5. The molecule has 0 radical (unpaired) electrons. The quantitative estimate of drug-likeness (QED) is 0.927. The molecule has 0 spiro atoms. The van der Waals surface area contributed by atoms with Gasteiger partial charge in [-0.25, -0.2) is 4.79 Å². The van der Waals surface area contributed by atoms with Crippen LogP contribution in [-0.2, 0) is 16.0 Å². The normalized spacial score (nSPS) is 18.3. The van der Waals surface area contributed by atoms with Gasteiger partial charge in [-0.15, -0.1) is 0 Å². The topological polar surface area (TPSA) is 75.4 Å². The lowest BCUT2D eigenvalue weighted by molar-refractivity contribution is -0.140. The van der Waals surface area contributed by atoms with Crippen molar-refractivity contribution in [3.63, 3.8) is 0 Å². The van der Waals surface area contributed by atoms with Crippen LogP contribution in [0.2, 0.25) is 0 Å². The summed E-state index contributed by atoms with van der Waals surface area (Å²) >= 11 is 0. The van der Waals surface area contributed by atoms with Crippen LogP contribution in [0.5, 0.6) is 0 Å². The molecule has 0 bridgehead atoms. The van der Waals surface area contributed by atoms with Crippen molar-refractivity contribution in [1.82, 2.24) is 9.78 Å². The maximum Gasteiger partial charge on any atom is 0.327 e. The van der Waals surface area contributed by atoms with Gasteiger partial charge < -0.3 is 5.11 Å². The van der Waals surface area contributed by atoms with Crippen molar-refractivity contribution < 1.29 is 14.7 Å². The third-order valence-electron chi connectivity index (χ3n) is 3.78. The fourth-order valence-corrected chi connectivity index (χ4v) is 2.68. The van der Waals surface area contributed by atoms with Crippen LogP contribution >= 0.6 is 0 Å². The van der Waals surface area contributed by atoms with E-state index in [9.17, 15) is 14.7 Å². The Morgan fingerprint density at radius 3 is 2.76 bits per heavy atom. The number of fused-ring (bicyclic) bond motifs is 1. The summed E-state index contributed by atoms with van der Waals surface area (Å²) < 4.78 is 1.53. The van der Waals surface area contributed by atoms with Crippen LogP contribution in [0.4, 0.5) is 5.69 Å². The molecule has 1 aromatic carbocycles. The molecular formula is C15H15N3O3. The summed E-state index contributed by atoms with van der Waals surface area (Å²) in [7, 11) is 0. The number of benzene rings is 1. The number of carboxylic acid groups (broad SMARTS) is 1. The highest BCUT2D eigenvalue weighted by Gasteiger charge is 2.40. The molecule has 1 aromatic heterocycles. The van der Waals surface area contributed by atoms with Crippen LogP contribution < -0.4 is 4.90 Å². The number of aliphatic carboxylic acids is 1. The predicted octanol–water partition coefficient (Wildman–Crippen LogP) is 1.49. The summed E-state index contributed by atoms with van der Waals surface area (Å²) in [5.41, 5.74) is 1.56. The molecular weight excluding hydrogens is 270 g/mol. The highest BCUT2D eigenvalue weighted by Crippen LogP contribution is 2.33. The molecule has 2 atom stereocenters. The first-order valence-corrected chi connectivity index (χ1v) is 6.72. The number of carbonyl (C=O) groups is 2. The Balaban J connectivity index is 1.98. The molecule has 1 N–H and O–H groups in total. The largest absolute Gasteiger partial charge is 0.480 e. The third kappa shape index (κ3) is 2.18. The minimum absolute atomic E-state index is 0.268. The van der Waals surface area contributed by atoms with Crippen LogP contribution in [0.25, 0.3) is 0 Å². The number of amides is 1. The number of para-hydroxylation sites is 1. The maximum atomic E-state index is 12.7. The Hall–Kier alpha value is -2.63. The van der Waals surface area contributed by atoms with Crippen molar-refractivity contribution in [2.75, 3.05) is 4.90 Å². The van der Waals surface area contributed by atoms with E-state index in [-0.39, 0.29) is 5.91 Å². The monoisotopic (exact) mass is 285 g/mol. The lowest BCUT2D eigenvalue weighted by Gasteiger charge is -2.26. The minimum Gasteiger partial charge on any atom is -0.480 e. The second kappa shape index (κ2) is 5.05. The van der Waals surface area contributed by atoms with Gasteiger partial charge in [-0.2, -0.15) is 5.10 Å². The standard InChI is InChI=1S/C15H15N3O3/c1-10(17-8-4-7-16-17)14(19)18-12-6-3-2-5-11(12)9-13(18)15(20)21/h2-8,10,13H,9H2,1H3,(H,20,21). The zero-order valence-electron chi connectivity index (χ0n) is 11.5. The van der Waals surface area contributed by atoms with Crippen molar-refractivity contribution in [2.24, 2.45) is 0 Å². The fraction of sp³-hybridized carbons (Fsp3) is 0.267. The molecule has 0 saturated heterocycles. The summed E-state index contributed by atoms with van der Waals surface area (Å²) in [4.78, 5) is 25.6. The van der Waals surface area contributed by atoms with E-state index in [0.717, 1.165) is 5.56 Å². The summed E-state index contributed by atoms with van der Waals surface area (Å²) in [5.74, 6) is -1.26. The van der Waals surface area contributed by atoms with Crippen LogP contribution in [0.15, 0.2) is 42.7 Å². The second-order valence-corrected chi connectivity index (χ2v) is 5.06. The van der Waals surface area contributed by atoms with Gasteiger partial charge in [0, 0.05) is 24.5 Å². The van der Waals surface area contributed by atoms with Crippen molar-refractivity contribution in [2.45, 2.75) is 25.4 Å². The fourth-order valence-electron chi connectivity index (χ4n) is 2.68. The number of nitrogens with zero attached hydrogens (tertiary/aromatic N) is 3. The van der Waals surface area contributed by atoms with Gasteiger partial charge in [-0.3, -0.25) is 14.4 Å². The van der Waals surface area contributed by atoms with E-state index in [1.807, 2.05) is 18.2 Å². The lowest BCUT2D eigenvalue weighted by atomic mass is 10.1. The highest BCUT2D eigenvalue weighted by atomic mass is 16.4. The first-order chi connectivity index (χ1) is 10.1. The van der Waals surface area contributed by atoms with E-state index >= 15 is 0 Å². The molecule has 21 heavy (non-hydrogen) atoms. The Labute approximate surface area is 121 Å². The van der Waals surface area contributed by atoms with Gasteiger partial charge in [-0.1, -0.05) is 18.2 Å². The summed E-state index contributed by atoms with van der Waals surface area (Å²) in [6, 6.07) is 7.63. The zero-order chi connectivity index (χ0) is 15.0. The number of hydrogen-bond donors (Lipinski definition) is 1. The lowest BCUT2D eigenvalue weighted by Crippen LogP contribution is -2.45. The van der Waals surface area contributed by atoms with E-state index in [1.54, 1.807) is 31.5 Å². The third-order valence-corrected chi connectivity index (χ3v) is 3.78. The average molecular weight is 285 g/mol. The van der Waals surface area contributed by atoms with Crippen molar-refractivity contribution in [3.05, 3.63) is 48.3 Å². The molecule has 6 nitrogen and oxygen atoms in total. The molecule has 2 heterocycles. The summed E-state index contributed by atoms with van der Waals surface area (Å²) in [5, 5.41) is 13.5. The molecule has 0 saturated carbocycles. The van der Waals surface area contributed by atoms with Crippen molar-refractivity contribution in [1.29, 1.82) is 0 Å². The van der Waals surface area contributed by atoms with Crippen molar-refractivity contribution in [3.8, 4) is 0 Å². The predicted molar refractivity (Wildman–Crippen MR) is 76.0 cm³/mol. The Morgan fingerprint density at radius 1 is 1.33 bits per heavy atom. The molecule has 0 aliphatic carbocycles. The van der Waals surface area contributed by atoms with Crippen LogP contribution in [0.3, 0.4) is 0 Å². The molecule has 108 valence electrons. The SMILES string of the molecule is CC(C(=O)N1c2ccccc2CC1C(=O)O)n1cccn1. The number of anilines is 1. The van der Waals surface area contributed by atoms with Gasteiger partial charge in [0.25, 0.3) is 5.91 Å².